The molecule has 2 N–H and O–H groups in total. The molecule has 1 rings (SSSR count). The Morgan fingerprint density at radius 1 is 1.47 bits per heavy atom. The van der Waals surface area contributed by atoms with Gasteiger partial charge in [-0.3, -0.25) is 0 Å². The molecule has 0 saturated heterocycles. The van der Waals surface area contributed by atoms with Gasteiger partial charge in [0.05, 0.1) is 24.0 Å². The molecule has 0 heterocycles. The van der Waals surface area contributed by atoms with Crippen LogP contribution in [0.15, 0.2) is 29.2 Å². The number of alkyl halides is 1. The third-order valence-corrected chi connectivity index (χ3v) is 3.21. The van der Waals surface area contributed by atoms with Crippen molar-refractivity contribution in [3.05, 3.63) is 29.8 Å². The van der Waals surface area contributed by atoms with E-state index in [9.17, 15) is 4.39 Å². The van der Waals surface area contributed by atoms with Crippen molar-refractivity contribution in [3.8, 4) is 6.07 Å². The Bertz CT molecular complexity index is 377. The molecule has 17 heavy (non-hydrogen) atoms. The molecule has 3 nitrogen and oxygen atoms in total. The van der Waals surface area contributed by atoms with Gasteiger partial charge in [0.1, 0.15) is 6.67 Å². The van der Waals surface area contributed by atoms with Crippen molar-refractivity contribution in [2.24, 2.45) is 5.73 Å². The minimum atomic E-state index is -0.655. The second kappa shape index (κ2) is 7.28. The maximum Gasteiger partial charge on any atom is 0.107 e. The summed E-state index contributed by atoms with van der Waals surface area (Å²) in [5.74, 6) is 0.414. The zero-order valence-corrected chi connectivity index (χ0v) is 10.4. The third-order valence-electron chi connectivity index (χ3n) is 2.33. The Morgan fingerprint density at radius 3 is 2.59 bits per heavy atom. The molecule has 0 bridgehead atoms. The topological polar surface area (TPSA) is 59.0 Å². The summed E-state index contributed by atoms with van der Waals surface area (Å²) in [6.07, 6.45) is -0.435. The summed E-state index contributed by atoms with van der Waals surface area (Å²) in [5.41, 5.74) is 6.48. The van der Waals surface area contributed by atoms with Gasteiger partial charge in [0, 0.05) is 12.0 Å². The average Bonchev–Trinajstić information content (AvgIpc) is 2.38. The Labute approximate surface area is 105 Å². The Hall–Kier alpha value is -1.09. The van der Waals surface area contributed by atoms with Gasteiger partial charge in [0.2, 0.25) is 0 Å². The molecule has 0 spiro atoms. The smallest absolute Gasteiger partial charge is 0.107 e. The lowest BCUT2D eigenvalue weighted by atomic mass is 10.0. The van der Waals surface area contributed by atoms with E-state index < -0.39 is 18.8 Å². The summed E-state index contributed by atoms with van der Waals surface area (Å²) >= 11 is 1.46. The first-order chi connectivity index (χ1) is 8.22. The molecule has 2 atom stereocenters. The van der Waals surface area contributed by atoms with Crippen LogP contribution in [-0.4, -0.2) is 25.6 Å². The molecule has 0 radical (unpaired) electrons. The van der Waals surface area contributed by atoms with Crippen molar-refractivity contribution in [2.45, 2.75) is 17.0 Å². The standard InChI is InChI=1S/C12H15FN2OS/c1-16-12(11(15)8-13)9-2-4-10(5-3-9)17-7-6-14/h2-5,11-12H,7-8,15H2,1H3/t11-,12-/m1/s1. The minimum absolute atomic E-state index is 0.414. The highest BCUT2D eigenvalue weighted by molar-refractivity contribution is 7.99. The van der Waals surface area contributed by atoms with Crippen LogP contribution in [-0.2, 0) is 4.74 Å². The molecule has 92 valence electrons. The number of benzene rings is 1. The van der Waals surface area contributed by atoms with Crippen LogP contribution < -0.4 is 5.73 Å². The van der Waals surface area contributed by atoms with Crippen molar-refractivity contribution < 1.29 is 9.13 Å². The lowest BCUT2D eigenvalue weighted by Gasteiger charge is -2.20. The predicted octanol–water partition coefficient (Wildman–Crippen LogP) is 2.29. The van der Waals surface area contributed by atoms with Gasteiger partial charge >= 0.3 is 0 Å². The van der Waals surface area contributed by atoms with E-state index in [0.717, 1.165) is 10.5 Å². The summed E-state index contributed by atoms with van der Waals surface area (Å²) < 4.78 is 17.7. The minimum Gasteiger partial charge on any atom is -0.375 e. The van der Waals surface area contributed by atoms with Crippen LogP contribution in [0.5, 0.6) is 0 Å². The Kier molecular flexibility index (Phi) is 5.98. The molecule has 0 amide bonds. The first-order valence-electron chi connectivity index (χ1n) is 5.17. The molecule has 1 aromatic rings. The van der Waals surface area contributed by atoms with Gasteiger partial charge < -0.3 is 10.5 Å². The van der Waals surface area contributed by atoms with Crippen LogP contribution in [0.2, 0.25) is 0 Å². The third kappa shape index (κ3) is 4.00. The number of methoxy groups -OCH3 is 1. The molecule has 0 aliphatic carbocycles. The van der Waals surface area contributed by atoms with Crippen molar-refractivity contribution in [1.29, 1.82) is 5.26 Å². The van der Waals surface area contributed by atoms with E-state index in [1.54, 1.807) is 0 Å². The first kappa shape index (κ1) is 14.0. The monoisotopic (exact) mass is 254 g/mol. The fraction of sp³-hybridized carbons (Fsp3) is 0.417. The predicted molar refractivity (Wildman–Crippen MR) is 66.5 cm³/mol. The van der Waals surface area contributed by atoms with Crippen LogP contribution in [0, 0.1) is 11.3 Å². The van der Waals surface area contributed by atoms with Gasteiger partial charge in [-0.2, -0.15) is 5.26 Å². The Morgan fingerprint density at radius 2 is 2.12 bits per heavy atom. The van der Waals surface area contributed by atoms with E-state index in [0.29, 0.717) is 5.75 Å². The molecule has 0 fully saturated rings. The zero-order chi connectivity index (χ0) is 12.7. The van der Waals surface area contributed by atoms with Crippen molar-refractivity contribution in [2.75, 3.05) is 19.5 Å². The molecular weight excluding hydrogens is 239 g/mol. The maximum absolute atomic E-state index is 12.5. The van der Waals surface area contributed by atoms with E-state index in [-0.39, 0.29) is 0 Å². The molecule has 5 heteroatoms. The lowest BCUT2D eigenvalue weighted by molar-refractivity contribution is 0.0720. The number of hydrogen-bond acceptors (Lipinski definition) is 4. The number of thioether (sulfide) groups is 1. The van der Waals surface area contributed by atoms with Crippen LogP contribution >= 0.6 is 11.8 Å². The van der Waals surface area contributed by atoms with Gasteiger partial charge in [0.15, 0.2) is 0 Å². The fourth-order valence-electron chi connectivity index (χ4n) is 1.51. The number of nitrogens with zero attached hydrogens (tertiary/aromatic N) is 1. The average molecular weight is 254 g/mol. The first-order valence-corrected chi connectivity index (χ1v) is 6.15. The van der Waals surface area contributed by atoms with E-state index in [4.69, 9.17) is 15.7 Å². The van der Waals surface area contributed by atoms with E-state index in [1.165, 1.54) is 18.9 Å². The quantitative estimate of drug-likeness (QED) is 0.791. The van der Waals surface area contributed by atoms with Gasteiger partial charge in [-0.25, -0.2) is 4.39 Å². The normalized spacial score (nSPS) is 14.0. The molecular formula is C12H15FN2OS. The SMILES string of the molecule is CO[C@H](c1ccc(SCC#N)cc1)[C@H](N)CF. The summed E-state index contributed by atoms with van der Waals surface area (Å²) in [4.78, 5) is 0.999. The van der Waals surface area contributed by atoms with Crippen LogP contribution in [0.1, 0.15) is 11.7 Å². The second-order valence-corrected chi connectivity index (χ2v) is 4.54. The summed E-state index contributed by atoms with van der Waals surface area (Å²) in [6.45, 7) is -0.622. The second-order valence-electron chi connectivity index (χ2n) is 3.49. The number of nitriles is 1. The van der Waals surface area contributed by atoms with Crippen LogP contribution in [0.25, 0.3) is 0 Å². The van der Waals surface area contributed by atoms with Crippen LogP contribution in [0.4, 0.5) is 4.39 Å². The zero-order valence-electron chi connectivity index (χ0n) is 9.60. The summed E-state index contributed by atoms with van der Waals surface area (Å²) in [5, 5.41) is 8.46. The van der Waals surface area contributed by atoms with Crippen molar-refractivity contribution in [1.82, 2.24) is 0 Å². The van der Waals surface area contributed by atoms with Gasteiger partial charge in [0.25, 0.3) is 0 Å². The number of halogens is 1. The van der Waals surface area contributed by atoms with Crippen LogP contribution in [0.3, 0.4) is 0 Å². The molecule has 0 aromatic heterocycles. The van der Waals surface area contributed by atoms with Gasteiger partial charge in [-0.05, 0) is 17.7 Å². The van der Waals surface area contributed by atoms with Crippen molar-refractivity contribution >= 4 is 11.8 Å². The highest BCUT2D eigenvalue weighted by Crippen LogP contribution is 2.24. The molecule has 0 saturated carbocycles. The highest BCUT2D eigenvalue weighted by Gasteiger charge is 2.18. The number of ether oxygens (including phenoxy) is 1. The van der Waals surface area contributed by atoms with E-state index >= 15 is 0 Å². The highest BCUT2D eigenvalue weighted by atomic mass is 32.2. The number of hydrogen-bond donors (Lipinski definition) is 1. The van der Waals surface area contributed by atoms with Crippen molar-refractivity contribution in [3.63, 3.8) is 0 Å². The fourth-order valence-corrected chi connectivity index (χ4v) is 2.07. The molecule has 0 aliphatic heterocycles. The number of nitrogens with two attached hydrogens (primary N) is 1. The van der Waals surface area contributed by atoms with E-state index in [1.807, 2.05) is 24.3 Å². The van der Waals surface area contributed by atoms with E-state index in [2.05, 4.69) is 6.07 Å². The molecule has 1 aromatic carbocycles. The summed E-state index contributed by atoms with van der Waals surface area (Å²) in [6, 6.07) is 8.87. The Balaban J connectivity index is 2.75. The molecule has 0 aliphatic rings. The van der Waals surface area contributed by atoms with Gasteiger partial charge in [-0.1, -0.05) is 12.1 Å². The lowest BCUT2D eigenvalue weighted by Crippen LogP contribution is -2.31. The number of rotatable bonds is 6. The maximum atomic E-state index is 12.5. The van der Waals surface area contributed by atoms with Gasteiger partial charge in [-0.15, -0.1) is 11.8 Å². The molecule has 0 unspecified atom stereocenters. The summed E-state index contributed by atoms with van der Waals surface area (Å²) in [7, 11) is 1.51. The largest absolute Gasteiger partial charge is 0.375 e.